The van der Waals surface area contributed by atoms with Crippen molar-refractivity contribution >= 4 is 33.2 Å². The predicted octanol–water partition coefficient (Wildman–Crippen LogP) is 4.82. The smallest absolute Gasteiger partial charge is 0.259 e. The highest BCUT2D eigenvalue weighted by molar-refractivity contribution is 7.89. The average Bonchev–Trinajstić information content (AvgIpc) is 2.69. The summed E-state index contributed by atoms with van der Waals surface area (Å²) in [4.78, 5) is 12.7. The van der Waals surface area contributed by atoms with Gasteiger partial charge in [0.15, 0.2) is 0 Å². The molecule has 0 saturated carbocycles. The number of halogens is 1. The molecule has 0 heterocycles. The lowest BCUT2D eigenvalue weighted by atomic mass is 10.1. The predicted molar refractivity (Wildman–Crippen MR) is 120 cm³/mol. The van der Waals surface area contributed by atoms with E-state index in [4.69, 9.17) is 26.2 Å². The van der Waals surface area contributed by atoms with Crippen LogP contribution in [-0.4, -0.2) is 20.4 Å². The van der Waals surface area contributed by atoms with Crippen molar-refractivity contribution in [1.82, 2.24) is 0 Å². The standard InChI is InChI=1S/C22H21ClN2O5S/c1-14(2)29-17-6-8-18(9-7-17)30-21-13-15(23)3-12-20(21)22(26)25-16-4-10-19(11-5-16)31(24,27)28/h3-14H,1-2H3,(H,25,26)(H2,24,27,28). The summed E-state index contributed by atoms with van der Waals surface area (Å²) in [6.07, 6.45) is 0.0500. The van der Waals surface area contributed by atoms with E-state index in [0.717, 1.165) is 0 Å². The SMILES string of the molecule is CC(C)Oc1ccc(Oc2cc(Cl)ccc2C(=O)Nc2ccc(S(N)(=O)=O)cc2)cc1. The summed E-state index contributed by atoms with van der Waals surface area (Å²) in [6.45, 7) is 3.87. The Labute approximate surface area is 185 Å². The third-order valence-corrected chi connectivity index (χ3v) is 5.22. The normalized spacial score (nSPS) is 11.3. The molecule has 3 N–H and O–H groups in total. The second kappa shape index (κ2) is 9.38. The Morgan fingerprint density at radius 3 is 2.16 bits per heavy atom. The molecule has 3 aromatic carbocycles. The summed E-state index contributed by atoms with van der Waals surface area (Å²) >= 11 is 6.09. The van der Waals surface area contributed by atoms with E-state index in [1.54, 1.807) is 42.5 Å². The number of carbonyl (C=O) groups is 1. The molecular formula is C22H21ClN2O5S. The van der Waals surface area contributed by atoms with E-state index < -0.39 is 15.9 Å². The molecule has 0 bridgehead atoms. The van der Waals surface area contributed by atoms with Gasteiger partial charge in [-0.3, -0.25) is 4.79 Å². The molecule has 0 aliphatic carbocycles. The zero-order valence-electron chi connectivity index (χ0n) is 16.8. The number of carbonyl (C=O) groups excluding carboxylic acids is 1. The van der Waals surface area contributed by atoms with Crippen LogP contribution in [-0.2, 0) is 10.0 Å². The molecule has 3 aromatic rings. The van der Waals surface area contributed by atoms with E-state index in [-0.39, 0.29) is 22.3 Å². The molecule has 1 amide bonds. The topological polar surface area (TPSA) is 108 Å². The van der Waals surface area contributed by atoms with Gasteiger partial charge < -0.3 is 14.8 Å². The summed E-state index contributed by atoms with van der Waals surface area (Å²) in [5, 5.41) is 8.19. The molecule has 0 aliphatic rings. The van der Waals surface area contributed by atoms with Crippen molar-refractivity contribution in [3.05, 3.63) is 77.3 Å². The molecule has 0 unspecified atom stereocenters. The average molecular weight is 461 g/mol. The monoisotopic (exact) mass is 460 g/mol. The summed E-state index contributed by atoms with van der Waals surface area (Å²) in [6, 6.07) is 17.2. The third kappa shape index (κ3) is 6.21. The number of rotatable bonds is 7. The van der Waals surface area contributed by atoms with Crippen LogP contribution in [0.3, 0.4) is 0 Å². The highest BCUT2D eigenvalue weighted by atomic mass is 35.5. The van der Waals surface area contributed by atoms with Gasteiger partial charge in [-0.2, -0.15) is 0 Å². The van der Waals surface area contributed by atoms with E-state index in [1.165, 1.54) is 24.3 Å². The van der Waals surface area contributed by atoms with Gasteiger partial charge in [0.2, 0.25) is 10.0 Å². The first-order chi connectivity index (χ1) is 14.6. The molecule has 0 fully saturated rings. The van der Waals surface area contributed by atoms with Crippen molar-refractivity contribution in [2.75, 3.05) is 5.32 Å². The first-order valence-electron chi connectivity index (χ1n) is 9.30. The Hall–Kier alpha value is -3.07. The largest absolute Gasteiger partial charge is 0.491 e. The molecule has 0 spiro atoms. The second-order valence-electron chi connectivity index (χ2n) is 6.90. The van der Waals surface area contributed by atoms with Crippen LogP contribution < -0.4 is 19.9 Å². The maximum atomic E-state index is 12.8. The number of nitrogens with one attached hydrogen (secondary N) is 1. The van der Waals surface area contributed by atoms with Crippen LogP contribution >= 0.6 is 11.6 Å². The first kappa shape index (κ1) is 22.6. The van der Waals surface area contributed by atoms with Gasteiger partial charge in [0.25, 0.3) is 5.91 Å². The fourth-order valence-electron chi connectivity index (χ4n) is 2.68. The van der Waals surface area contributed by atoms with Crippen molar-refractivity contribution in [3.8, 4) is 17.2 Å². The van der Waals surface area contributed by atoms with E-state index in [1.807, 2.05) is 13.8 Å². The van der Waals surface area contributed by atoms with Gasteiger partial charge in [-0.1, -0.05) is 11.6 Å². The molecule has 0 aliphatic heterocycles. The van der Waals surface area contributed by atoms with Crippen molar-refractivity contribution < 1.29 is 22.7 Å². The molecular weight excluding hydrogens is 440 g/mol. The zero-order chi connectivity index (χ0) is 22.6. The molecule has 0 aromatic heterocycles. The lowest BCUT2D eigenvalue weighted by Gasteiger charge is -2.13. The fourth-order valence-corrected chi connectivity index (χ4v) is 3.36. The van der Waals surface area contributed by atoms with Crippen LogP contribution in [0.25, 0.3) is 0 Å². The molecule has 3 rings (SSSR count). The number of anilines is 1. The van der Waals surface area contributed by atoms with Crippen molar-refractivity contribution in [3.63, 3.8) is 0 Å². The first-order valence-corrected chi connectivity index (χ1v) is 11.2. The number of hydrogen-bond acceptors (Lipinski definition) is 5. The van der Waals surface area contributed by atoms with Crippen molar-refractivity contribution in [2.45, 2.75) is 24.8 Å². The number of hydrogen-bond donors (Lipinski definition) is 2. The minimum Gasteiger partial charge on any atom is -0.491 e. The highest BCUT2D eigenvalue weighted by Gasteiger charge is 2.15. The maximum Gasteiger partial charge on any atom is 0.259 e. The maximum absolute atomic E-state index is 12.8. The van der Waals surface area contributed by atoms with E-state index in [0.29, 0.717) is 22.2 Å². The Balaban J connectivity index is 1.79. The minimum absolute atomic E-state index is 0.0500. The van der Waals surface area contributed by atoms with Gasteiger partial charge in [-0.25, -0.2) is 13.6 Å². The minimum atomic E-state index is -3.81. The number of nitrogens with two attached hydrogens (primary N) is 1. The third-order valence-electron chi connectivity index (χ3n) is 4.05. The lowest BCUT2D eigenvalue weighted by Crippen LogP contribution is -2.14. The van der Waals surface area contributed by atoms with Crippen LogP contribution in [0, 0.1) is 0 Å². The number of ether oxygens (including phenoxy) is 2. The van der Waals surface area contributed by atoms with Crippen LogP contribution in [0.5, 0.6) is 17.2 Å². The van der Waals surface area contributed by atoms with Crippen LogP contribution in [0.1, 0.15) is 24.2 Å². The number of primary sulfonamides is 1. The van der Waals surface area contributed by atoms with Crippen LogP contribution in [0.4, 0.5) is 5.69 Å². The molecule has 7 nitrogen and oxygen atoms in total. The highest BCUT2D eigenvalue weighted by Crippen LogP contribution is 2.30. The van der Waals surface area contributed by atoms with Gasteiger partial charge in [0.05, 0.1) is 16.6 Å². The number of benzene rings is 3. The van der Waals surface area contributed by atoms with Crippen LogP contribution in [0.2, 0.25) is 5.02 Å². The van der Waals surface area contributed by atoms with Crippen molar-refractivity contribution in [2.24, 2.45) is 5.14 Å². The number of sulfonamides is 1. The molecule has 162 valence electrons. The fraction of sp³-hybridized carbons (Fsp3) is 0.136. The molecule has 0 saturated heterocycles. The van der Waals surface area contributed by atoms with Gasteiger partial charge in [-0.05, 0) is 74.5 Å². The Morgan fingerprint density at radius 1 is 0.968 bits per heavy atom. The summed E-state index contributed by atoms with van der Waals surface area (Å²) < 4.78 is 34.2. The molecule has 9 heteroatoms. The summed E-state index contributed by atoms with van der Waals surface area (Å²) in [7, 11) is -3.81. The Kier molecular flexibility index (Phi) is 6.84. The van der Waals surface area contributed by atoms with E-state index in [2.05, 4.69) is 5.32 Å². The van der Waals surface area contributed by atoms with Gasteiger partial charge in [0.1, 0.15) is 17.2 Å². The quantitative estimate of drug-likeness (QED) is 0.525. The van der Waals surface area contributed by atoms with Crippen molar-refractivity contribution in [1.29, 1.82) is 0 Å². The Bertz CT molecular complexity index is 1180. The summed E-state index contributed by atoms with van der Waals surface area (Å²) in [5.74, 6) is 1.03. The van der Waals surface area contributed by atoms with E-state index >= 15 is 0 Å². The Morgan fingerprint density at radius 2 is 1.58 bits per heavy atom. The zero-order valence-corrected chi connectivity index (χ0v) is 18.4. The lowest BCUT2D eigenvalue weighted by molar-refractivity contribution is 0.102. The van der Waals surface area contributed by atoms with Gasteiger partial charge in [-0.15, -0.1) is 0 Å². The molecule has 0 atom stereocenters. The number of amides is 1. The second-order valence-corrected chi connectivity index (χ2v) is 8.90. The summed E-state index contributed by atoms with van der Waals surface area (Å²) in [5.41, 5.74) is 0.649. The molecule has 31 heavy (non-hydrogen) atoms. The molecule has 0 radical (unpaired) electrons. The van der Waals surface area contributed by atoms with Crippen LogP contribution in [0.15, 0.2) is 71.6 Å². The van der Waals surface area contributed by atoms with Gasteiger partial charge >= 0.3 is 0 Å². The van der Waals surface area contributed by atoms with Gasteiger partial charge in [0, 0.05) is 16.8 Å². The van der Waals surface area contributed by atoms with E-state index in [9.17, 15) is 13.2 Å².